The normalized spacial score (nSPS) is 19.5. The Morgan fingerprint density at radius 1 is 1.10 bits per heavy atom. The van der Waals surface area contributed by atoms with Gasteiger partial charge in [0.1, 0.15) is 6.04 Å². The highest BCUT2D eigenvalue weighted by molar-refractivity contribution is 7.10. The molecule has 2 fully saturated rings. The van der Waals surface area contributed by atoms with Crippen LogP contribution < -0.4 is 4.90 Å². The van der Waals surface area contributed by atoms with Crippen LogP contribution in [0.3, 0.4) is 0 Å². The maximum absolute atomic E-state index is 6.27. The number of tetrazole rings is 1. The Labute approximate surface area is 186 Å². The van der Waals surface area contributed by atoms with Crippen molar-refractivity contribution >= 4 is 28.6 Å². The molecule has 2 aliphatic rings. The number of anilines is 1. The Morgan fingerprint density at radius 2 is 1.90 bits per heavy atom. The van der Waals surface area contributed by atoms with Gasteiger partial charge in [-0.1, -0.05) is 36.6 Å². The number of rotatable bonds is 5. The molecule has 1 aliphatic carbocycles. The zero-order chi connectivity index (χ0) is 20.5. The van der Waals surface area contributed by atoms with Crippen molar-refractivity contribution in [1.82, 2.24) is 25.1 Å². The molecule has 0 amide bonds. The third-order valence-electron chi connectivity index (χ3n) is 6.44. The highest BCUT2D eigenvalue weighted by Gasteiger charge is 2.33. The van der Waals surface area contributed by atoms with Crippen LogP contribution in [0.5, 0.6) is 0 Å². The summed E-state index contributed by atoms with van der Waals surface area (Å²) in [6.45, 7) is 6.02. The highest BCUT2D eigenvalue weighted by Crippen LogP contribution is 2.36. The minimum absolute atomic E-state index is 0.114. The van der Waals surface area contributed by atoms with Crippen LogP contribution in [-0.4, -0.2) is 51.3 Å². The maximum atomic E-state index is 6.27. The van der Waals surface area contributed by atoms with Crippen molar-refractivity contribution in [2.75, 3.05) is 31.1 Å². The first-order chi connectivity index (χ1) is 14.7. The molecule has 8 heteroatoms. The summed E-state index contributed by atoms with van der Waals surface area (Å²) in [5.74, 6) is 0.997. The standard InChI is InChI=1S/C22H27ClN6S/c1-16-8-9-17(23)15-19(16)27-10-12-28(13-11-27)21(20-7-4-14-30-20)22-24-25-26-29(22)18-5-2-3-6-18/h4,7-9,14-15,18,21H,2-3,5-6,10-13H2,1H3/t21-/m1/s1. The van der Waals surface area contributed by atoms with Crippen molar-refractivity contribution in [2.24, 2.45) is 0 Å². The van der Waals surface area contributed by atoms with E-state index in [0.29, 0.717) is 6.04 Å². The Kier molecular flexibility index (Phi) is 5.76. The summed E-state index contributed by atoms with van der Waals surface area (Å²) in [5.41, 5.74) is 2.51. The number of halogens is 1. The van der Waals surface area contributed by atoms with E-state index in [4.69, 9.17) is 11.6 Å². The lowest BCUT2D eigenvalue weighted by molar-refractivity contribution is 0.200. The summed E-state index contributed by atoms with van der Waals surface area (Å²) in [6, 6.07) is 11.1. The monoisotopic (exact) mass is 442 g/mol. The smallest absolute Gasteiger partial charge is 0.174 e. The maximum Gasteiger partial charge on any atom is 0.174 e. The molecule has 0 N–H and O–H groups in total. The first kappa shape index (κ1) is 20.0. The first-order valence-electron chi connectivity index (χ1n) is 10.8. The number of aromatic nitrogens is 4. The predicted molar refractivity (Wildman–Crippen MR) is 121 cm³/mol. The molecule has 1 atom stereocenters. The lowest BCUT2D eigenvalue weighted by atomic mass is 10.1. The van der Waals surface area contributed by atoms with Gasteiger partial charge in [-0.25, -0.2) is 4.68 Å². The largest absolute Gasteiger partial charge is 0.369 e. The summed E-state index contributed by atoms with van der Waals surface area (Å²) in [4.78, 5) is 6.30. The van der Waals surface area contributed by atoms with Crippen LogP contribution in [0, 0.1) is 6.92 Å². The molecule has 30 heavy (non-hydrogen) atoms. The quantitative estimate of drug-likeness (QED) is 0.572. The van der Waals surface area contributed by atoms with E-state index < -0.39 is 0 Å². The van der Waals surface area contributed by atoms with Crippen LogP contribution in [0.25, 0.3) is 0 Å². The summed E-state index contributed by atoms with van der Waals surface area (Å²) in [7, 11) is 0. The van der Waals surface area contributed by atoms with E-state index in [0.717, 1.165) is 37.0 Å². The van der Waals surface area contributed by atoms with Gasteiger partial charge >= 0.3 is 0 Å². The molecular weight excluding hydrogens is 416 g/mol. The Hall–Kier alpha value is -1.96. The lowest BCUT2D eigenvalue weighted by Crippen LogP contribution is -2.48. The van der Waals surface area contributed by atoms with Gasteiger partial charge in [0.2, 0.25) is 0 Å². The molecule has 0 bridgehead atoms. The van der Waals surface area contributed by atoms with E-state index in [2.05, 4.69) is 66.6 Å². The van der Waals surface area contributed by atoms with E-state index in [-0.39, 0.29) is 6.04 Å². The number of piperazine rings is 1. The first-order valence-corrected chi connectivity index (χ1v) is 12.0. The van der Waals surface area contributed by atoms with E-state index in [9.17, 15) is 0 Å². The molecule has 3 aromatic rings. The molecule has 1 aliphatic heterocycles. The number of aryl methyl sites for hydroxylation is 1. The van der Waals surface area contributed by atoms with Gasteiger partial charge in [0, 0.05) is 41.8 Å². The SMILES string of the molecule is Cc1ccc(Cl)cc1N1CCN([C@H](c2cccs2)c2nnnn2C2CCCC2)CC1. The average Bonchev–Trinajstić information content (AvgIpc) is 3.53. The molecule has 0 unspecified atom stereocenters. The van der Waals surface area contributed by atoms with Gasteiger partial charge in [-0.15, -0.1) is 16.4 Å². The summed E-state index contributed by atoms with van der Waals surface area (Å²) in [5, 5.41) is 16.0. The van der Waals surface area contributed by atoms with Gasteiger partial charge in [-0.2, -0.15) is 0 Å². The molecule has 1 saturated carbocycles. The van der Waals surface area contributed by atoms with Crippen molar-refractivity contribution in [1.29, 1.82) is 0 Å². The molecule has 0 spiro atoms. The van der Waals surface area contributed by atoms with E-state index in [1.165, 1.54) is 41.8 Å². The van der Waals surface area contributed by atoms with Crippen LogP contribution >= 0.6 is 22.9 Å². The molecule has 1 saturated heterocycles. The molecule has 158 valence electrons. The number of hydrogen-bond donors (Lipinski definition) is 0. The van der Waals surface area contributed by atoms with Crippen molar-refractivity contribution in [2.45, 2.75) is 44.7 Å². The summed E-state index contributed by atoms with van der Waals surface area (Å²) in [6.07, 6.45) is 4.89. The van der Waals surface area contributed by atoms with Crippen LogP contribution in [0.2, 0.25) is 5.02 Å². The van der Waals surface area contributed by atoms with Crippen LogP contribution in [-0.2, 0) is 0 Å². The third-order valence-corrected chi connectivity index (χ3v) is 7.60. The number of benzene rings is 1. The number of thiophene rings is 1. The van der Waals surface area contributed by atoms with Crippen LogP contribution in [0.4, 0.5) is 5.69 Å². The van der Waals surface area contributed by atoms with Crippen molar-refractivity contribution < 1.29 is 0 Å². The second-order valence-electron chi connectivity index (χ2n) is 8.29. The fourth-order valence-corrected chi connectivity index (χ4v) is 5.87. The topological polar surface area (TPSA) is 50.1 Å². The molecule has 1 aromatic carbocycles. The second kappa shape index (κ2) is 8.65. The highest BCUT2D eigenvalue weighted by atomic mass is 35.5. The molecule has 3 heterocycles. The molecule has 5 rings (SSSR count). The van der Waals surface area contributed by atoms with Gasteiger partial charge in [0.05, 0.1) is 6.04 Å². The van der Waals surface area contributed by atoms with Gasteiger partial charge < -0.3 is 4.90 Å². The molecule has 0 radical (unpaired) electrons. The Morgan fingerprint density at radius 3 is 2.63 bits per heavy atom. The average molecular weight is 443 g/mol. The van der Waals surface area contributed by atoms with Crippen molar-refractivity contribution in [3.05, 3.63) is 57.0 Å². The fraction of sp³-hybridized carbons (Fsp3) is 0.500. The summed E-state index contributed by atoms with van der Waals surface area (Å²) < 4.78 is 2.12. The van der Waals surface area contributed by atoms with E-state index in [1.54, 1.807) is 11.3 Å². The summed E-state index contributed by atoms with van der Waals surface area (Å²) >= 11 is 8.06. The lowest BCUT2D eigenvalue weighted by Gasteiger charge is -2.40. The van der Waals surface area contributed by atoms with Crippen LogP contribution in [0.15, 0.2) is 35.7 Å². The zero-order valence-corrected chi connectivity index (χ0v) is 18.8. The minimum atomic E-state index is 0.114. The third kappa shape index (κ3) is 3.86. The van der Waals surface area contributed by atoms with Gasteiger partial charge in [-0.05, 0) is 59.3 Å². The van der Waals surface area contributed by atoms with Gasteiger partial charge in [0.15, 0.2) is 5.82 Å². The Balaban J connectivity index is 1.40. The zero-order valence-electron chi connectivity index (χ0n) is 17.2. The Bertz CT molecular complexity index is 973. The minimum Gasteiger partial charge on any atom is -0.369 e. The fourth-order valence-electron chi connectivity index (χ4n) is 4.85. The molecule has 2 aromatic heterocycles. The molecular formula is C22H27ClN6S. The van der Waals surface area contributed by atoms with E-state index >= 15 is 0 Å². The molecule has 6 nitrogen and oxygen atoms in total. The van der Waals surface area contributed by atoms with Gasteiger partial charge in [-0.3, -0.25) is 4.90 Å². The van der Waals surface area contributed by atoms with Crippen molar-refractivity contribution in [3.8, 4) is 0 Å². The number of nitrogens with zero attached hydrogens (tertiary/aromatic N) is 6. The second-order valence-corrected chi connectivity index (χ2v) is 9.71. The number of hydrogen-bond acceptors (Lipinski definition) is 6. The van der Waals surface area contributed by atoms with Crippen molar-refractivity contribution in [3.63, 3.8) is 0 Å². The van der Waals surface area contributed by atoms with E-state index in [1.807, 2.05) is 6.07 Å². The van der Waals surface area contributed by atoms with Crippen LogP contribution in [0.1, 0.15) is 54.0 Å². The predicted octanol–water partition coefficient (Wildman–Crippen LogP) is 4.72. The van der Waals surface area contributed by atoms with Gasteiger partial charge in [0.25, 0.3) is 0 Å².